The fourth-order valence-electron chi connectivity index (χ4n) is 2.97. The summed E-state index contributed by atoms with van der Waals surface area (Å²) in [6.07, 6.45) is -7.80. The van der Waals surface area contributed by atoms with Crippen molar-refractivity contribution in [1.29, 1.82) is 0 Å². The number of hydrogen-bond acceptors (Lipinski definition) is 5. The summed E-state index contributed by atoms with van der Waals surface area (Å²) in [4.78, 5) is 25.3. The third-order valence-electron chi connectivity index (χ3n) is 4.64. The van der Waals surface area contributed by atoms with Crippen LogP contribution in [0.25, 0.3) is 11.1 Å². The zero-order valence-corrected chi connectivity index (χ0v) is 17.9. The number of carboxylic acid groups (broad SMARTS) is 1. The van der Waals surface area contributed by atoms with Gasteiger partial charge in [0.1, 0.15) is 6.61 Å². The highest BCUT2D eigenvalue weighted by Crippen LogP contribution is 2.38. The maximum atomic E-state index is 13.6. The van der Waals surface area contributed by atoms with Crippen LogP contribution in [0.15, 0.2) is 67.0 Å². The Hall–Kier alpha value is -4.29. The Kier molecular flexibility index (Phi) is 7.71. The van der Waals surface area contributed by atoms with Crippen LogP contribution in [0.1, 0.15) is 5.56 Å². The van der Waals surface area contributed by atoms with Crippen LogP contribution in [0.2, 0.25) is 0 Å². The van der Waals surface area contributed by atoms with Gasteiger partial charge in [0.25, 0.3) is 5.91 Å². The van der Waals surface area contributed by atoms with Crippen molar-refractivity contribution >= 4 is 17.6 Å². The second-order valence-electron chi connectivity index (χ2n) is 7.15. The van der Waals surface area contributed by atoms with E-state index in [-0.39, 0.29) is 12.3 Å². The predicted molar refractivity (Wildman–Crippen MR) is 113 cm³/mol. The second-order valence-corrected chi connectivity index (χ2v) is 7.15. The lowest BCUT2D eigenvalue weighted by Gasteiger charge is -2.26. The van der Waals surface area contributed by atoms with Crippen molar-refractivity contribution in [2.24, 2.45) is 0 Å². The summed E-state index contributed by atoms with van der Waals surface area (Å²) in [5, 5.41) is 9.45. The lowest BCUT2D eigenvalue weighted by molar-refractivity contribution is -0.192. The first kappa shape index (κ1) is 26.3. The lowest BCUT2D eigenvalue weighted by atomic mass is 10.0. The number of alkyl halides is 6. The van der Waals surface area contributed by atoms with Gasteiger partial charge in [-0.2, -0.15) is 26.3 Å². The minimum absolute atomic E-state index is 0.0979. The Morgan fingerprint density at radius 1 is 0.917 bits per heavy atom. The van der Waals surface area contributed by atoms with Gasteiger partial charge in [0.05, 0.1) is 11.3 Å². The number of nitrogens with zero attached hydrogens (tertiary/aromatic N) is 1. The number of halogens is 6. The molecule has 1 amide bonds. The van der Waals surface area contributed by atoms with Crippen LogP contribution in [-0.2, 0) is 15.8 Å². The molecule has 1 atom stereocenters. The molecule has 1 aromatic heterocycles. The summed E-state index contributed by atoms with van der Waals surface area (Å²) in [5.74, 6) is -2.63. The van der Waals surface area contributed by atoms with E-state index in [2.05, 4.69) is 10.3 Å². The number of carbonyl (C=O) groups excluding carboxylic acids is 1. The van der Waals surface area contributed by atoms with Gasteiger partial charge in [0.15, 0.2) is 11.5 Å². The molecule has 2 heterocycles. The smallest absolute Gasteiger partial charge is 0.485 e. The van der Waals surface area contributed by atoms with Crippen molar-refractivity contribution < 1.29 is 50.5 Å². The Morgan fingerprint density at radius 2 is 1.53 bits per heavy atom. The van der Waals surface area contributed by atoms with Crippen LogP contribution >= 0.6 is 0 Å². The third kappa shape index (κ3) is 6.64. The first-order valence-corrected chi connectivity index (χ1v) is 9.97. The van der Waals surface area contributed by atoms with Gasteiger partial charge in [0.2, 0.25) is 6.10 Å². The first-order chi connectivity index (χ1) is 16.9. The Bertz CT molecular complexity index is 1230. The molecule has 36 heavy (non-hydrogen) atoms. The largest absolute Gasteiger partial charge is 0.490 e. The van der Waals surface area contributed by atoms with Crippen molar-refractivity contribution in [3.8, 4) is 22.6 Å². The van der Waals surface area contributed by atoms with Crippen LogP contribution < -0.4 is 14.8 Å². The molecule has 0 spiro atoms. The zero-order chi connectivity index (χ0) is 26.5. The summed E-state index contributed by atoms with van der Waals surface area (Å²) < 4.78 is 83.6. The number of para-hydroxylation sites is 2. The van der Waals surface area contributed by atoms with Gasteiger partial charge >= 0.3 is 18.3 Å². The quantitative estimate of drug-likeness (QED) is 0.468. The molecule has 190 valence electrons. The summed E-state index contributed by atoms with van der Waals surface area (Å²) in [6.45, 7) is -0.0979. The molecule has 13 heteroatoms. The van der Waals surface area contributed by atoms with E-state index in [1.165, 1.54) is 24.5 Å². The molecule has 0 saturated carbocycles. The van der Waals surface area contributed by atoms with Crippen LogP contribution in [0.3, 0.4) is 0 Å². The van der Waals surface area contributed by atoms with E-state index in [0.717, 1.165) is 6.07 Å². The van der Waals surface area contributed by atoms with Crippen molar-refractivity contribution in [3.05, 3.63) is 72.6 Å². The SMILES string of the molecule is O=C(Nc1ccc(-c2ccncc2)cc1C(F)(F)F)C1COc2ccccc2O1.O=C(O)C(F)(F)F. The molecule has 0 radical (unpaired) electrons. The average Bonchev–Trinajstić information content (AvgIpc) is 2.83. The number of benzene rings is 2. The molecule has 1 aliphatic rings. The van der Waals surface area contributed by atoms with Gasteiger partial charge < -0.3 is 19.9 Å². The van der Waals surface area contributed by atoms with Gasteiger partial charge in [0, 0.05) is 12.4 Å². The molecule has 0 fully saturated rings. The summed E-state index contributed by atoms with van der Waals surface area (Å²) >= 11 is 0. The van der Waals surface area contributed by atoms with E-state index in [9.17, 15) is 31.1 Å². The number of aliphatic carboxylic acids is 1. The molecule has 3 aromatic rings. The van der Waals surface area contributed by atoms with Crippen molar-refractivity contribution in [3.63, 3.8) is 0 Å². The molecule has 0 saturated heterocycles. The normalized spacial score (nSPS) is 14.8. The zero-order valence-electron chi connectivity index (χ0n) is 17.9. The molecular formula is C23H16F6N2O5. The van der Waals surface area contributed by atoms with E-state index in [0.29, 0.717) is 22.6 Å². The highest BCUT2D eigenvalue weighted by atomic mass is 19.4. The number of carboxylic acids is 1. The second kappa shape index (κ2) is 10.5. The number of rotatable bonds is 3. The molecule has 2 N–H and O–H groups in total. The standard InChI is InChI=1S/C21H15F3N2O3.C2HF3O2/c22-21(23,24)15-11-14(13-7-9-25-10-8-13)5-6-16(15)26-20(27)19-12-28-17-3-1-2-4-18(17)29-19;3-2(4,5)1(6)7/h1-11,19H,12H2,(H,26,27);(H,6,7). The monoisotopic (exact) mass is 514 g/mol. The molecule has 1 aliphatic heterocycles. The maximum absolute atomic E-state index is 13.6. The lowest BCUT2D eigenvalue weighted by Crippen LogP contribution is -2.40. The number of anilines is 1. The van der Waals surface area contributed by atoms with E-state index in [1.54, 1.807) is 36.4 Å². The molecule has 1 unspecified atom stereocenters. The number of ether oxygens (including phenoxy) is 2. The fraction of sp³-hybridized carbons (Fsp3) is 0.174. The number of nitrogens with one attached hydrogen (secondary N) is 1. The van der Waals surface area contributed by atoms with E-state index < -0.39 is 35.9 Å². The molecule has 0 bridgehead atoms. The van der Waals surface area contributed by atoms with Crippen molar-refractivity contribution in [1.82, 2.24) is 4.98 Å². The van der Waals surface area contributed by atoms with Gasteiger partial charge in [-0.15, -0.1) is 0 Å². The topological polar surface area (TPSA) is 97.8 Å². The maximum Gasteiger partial charge on any atom is 0.490 e. The highest BCUT2D eigenvalue weighted by molar-refractivity contribution is 5.96. The minimum atomic E-state index is -5.08. The number of hydrogen-bond donors (Lipinski definition) is 2. The first-order valence-electron chi connectivity index (χ1n) is 9.97. The number of pyridine rings is 1. The average molecular weight is 514 g/mol. The van der Waals surface area contributed by atoms with Gasteiger partial charge in [-0.1, -0.05) is 18.2 Å². The summed E-state index contributed by atoms with van der Waals surface area (Å²) in [6, 6.07) is 13.7. The molecule has 7 nitrogen and oxygen atoms in total. The van der Waals surface area contributed by atoms with Crippen molar-refractivity contribution in [2.75, 3.05) is 11.9 Å². The van der Waals surface area contributed by atoms with E-state index >= 15 is 0 Å². The van der Waals surface area contributed by atoms with Crippen LogP contribution in [-0.4, -0.2) is 40.9 Å². The minimum Gasteiger partial charge on any atom is -0.485 e. The predicted octanol–water partition coefficient (Wildman–Crippen LogP) is 5.18. The fourth-order valence-corrected chi connectivity index (χ4v) is 2.97. The summed E-state index contributed by atoms with van der Waals surface area (Å²) in [5.41, 5.74) is -0.340. The molecular weight excluding hydrogens is 498 g/mol. The van der Waals surface area contributed by atoms with Crippen molar-refractivity contribution in [2.45, 2.75) is 18.5 Å². The van der Waals surface area contributed by atoms with Gasteiger partial charge in [-0.05, 0) is 47.5 Å². The van der Waals surface area contributed by atoms with Crippen LogP contribution in [0.5, 0.6) is 11.5 Å². The van der Waals surface area contributed by atoms with Crippen LogP contribution in [0, 0.1) is 0 Å². The van der Waals surface area contributed by atoms with Gasteiger partial charge in [-0.25, -0.2) is 4.79 Å². The molecule has 0 aliphatic carbocycles. The Balaban J connectivity index is 0.000000454. The summed E-state index contributed by atoms with van der Waals surface area (Å²) in [7, 11) is 0. The van der Waals surface area contributed by atoms with E-state index in [4.69, 9.17) is 19.4 Å². The Labute approximate surface area is 199 Å². The highest BCUT2D eigenvalue weighted by Gasteiger charge is 2.38. The number of carbonyl (C=O) groups is 2. The number of aromatic nitrogens is 1. The molecule has 2 aromatic carbocycles. The molecule has 4 rings (SSSR count). The Morgan fingerprint density at radius 3 is 2.11 bits per heavy atom. The third-order valence-corrected chi connectivity index (χ3v) is 4.64. The van der Waals surface area contributed by atoms with Gasteiger partial charge in [-0.3, -0.25) is 9.78 Å². The van der Waals surface area contributed by atoms with Crippen LogP contribution in [0.4, 0.5) is 32.0 Å². The van der Waals surface area contributed by atoms with E-state index in [1.807, 2.05) is 0 Å². The number of fused-ring (bicyclic) bond motifs is 1. The number of amides is 1.